The number of fused-ring (bicyclic) bond motifs is 7. The van der Waals surface area contributed by atoms with Gasteiger partial charge < -0.3 is 14.9 Å². The molecule has 9 heteroatoms. The lowest BCUT2D eigenvalue weighted by molar-refractivity contribution is -0.160. The number of ketones is 1. The van der Waals surface area contributed by atoms with Crippen molar-refractivity contribution in [3.05, 3.63) is 46.3 Å². The van der Waals surface area contributed by atoms with Crippen LogP contribution in [0.5, 0.6) is 0 Å². The van der Waals surface area contributed by atoms with E-state index in [-0.39, 0.29) is 32.8 Å². The number of phosphoric acid groups is 1. The van der Waals surface area contributed by atoms with Crippen LogP contribution in [0.15, 0.2) is 46.3 Å². The lowest BCUT2D eigenvalue weighted by atomic mass is 9.34. The zero-order valence-electron chi connectivity index (χ0n) is 23.9. The lowest BCUT2D eigenvalue weighted by Gasteiger charge is -2.70. The number of rotatable bonds is 4. The first-order chi connectivity index (χ1) is 17.9. The SMILES string of the molecule is CC1=C(OP(=O)(O)O)C(=O)C=C2C1=CC=C1[C@@]2(C)CC[C@@]2(C)[C@@H]3C[C@](C)(CNC(=O)O)CC[C@]3(C)CC[C@]12C. The molecule has 5 rings (SSSR count). The Bertz CT molecular complexity index is 1320. The Morgan fingerprint density at radius 1 is 1.05 bits per heavy atom. The van der Waals surface area contributed by atoms with Crippen LogP contribution in [0.3, 0.4) is 0 Å². The Morgan fingerprint density at radius 2 is 1.72 bits per heavy atom. The Morgan fingerprint density at radius 3 is 2.36 bits per heavy atom. The van der Waals surface area contributed by atoms with Crippen LogP contribution in [0.4, 0.5) is 4.79 Å². The maximum atomic E-state index is 13.1. The summed E-state index contributed by atoms with van der Waals surface area (Å²) in [5, 5.41) is 11.9. The highest BCUT2D eigenvalue weighted by Gasteiger charge is 2.66. The third-order valence-corrected chi connectivity index (χ3v) is 12.2. The highest BCUT2D eigenvalue weighted by molar-refractivity contribution is 7.46. The maximum Gasteiger partial charge on any atom is 0.524 e. The first-order valence-corrected chi connectivity index (χ1v) is 15.5. The van der Waals surface area contributed by atoms with Crippen LogP contribution in [0.2, 0.25) is 0 Å². The predicted molar refractivity (Wildman–Crippen MR) is 147 cm³/mol. The lowest BCUT2D eigenvalue weighted by Crippen LogP contribution is -2.62. The summed E-state index contributed by atoms with van der Waals surface area (Å²) >= 11 is 0. The molecule has 5 aliphatic carbocycles. The smallest absolute Gasteiger partial charge is 0.465 e. The fourth-order valence-corrected chi connectivity index (χ4v) is 9.66. The van der Waals surface area contributed by atoms with Crippen LogP contribution >= 0.6 is 7.82 Å². The van der Waals surface area contributed by atoms with Crippen LogP contribution in [0.1, 0.15) is 86.5 Å². The number of hydrogen-bond acceptors (Lipinski definition) is 4. The van der Waals surface area contributed by atoms with E-state index >= 15 is 0 Å². The van der Waals surface area contributed by atoms with Crippen molar-refractivity contribution in [2.75, 3.05) is 6.54 Å². The quantitative estimate of drug-likeness (QED) is 0.292. The van der Waals surface area contributed by atoms with Crippen molar-refractivity contribution in [1.29, 1.82) is 0 Å². The standard InChI is InChI=1S/C30H42NO7P/c1-18-19-7-8-22-28(4,20(19)15-21(32)24(18)38-39(35,36)37)12-14-30(6)23-16-26(2,17-31-25(33)34)9-10-27(23,3)11-13-29(22,30)5/h7-8,15,23,31H,9-14,16-17H2,1-6H3,(H,33,34)(H2,35,36,37)/t23-,26-,27-,28+,29-,30+/m1/s1. The van der Waals surface area contributed by atoms with E-state index < -0.39 is 19.7 Å². The van der Waals surface area contributed by atoms with E-state index in [1.165, 1.54) is 11.6 Å². The van der Waals surface area contributed by atoms with Crippen LogP contribution in [-0.4, -0.2) is 33.3 Å². The molecule has 8 nitrogen and oxygen atoms in total. The van der Waals surface area contributed by atoms with Gasteiger partial charge in [-0.3, -0.25) is 14.6 Å². The summed E-state index contributed by atoms with van der Waals surface area (Å²) in [5.74, 6) is -0.356. The fourth-order valence-electron chi connectivity index (χ4n) is 9.20. The summed E-state index contributed by atoms with van der Waals surface area (Å²) in [7, 11) is -4.87. The summed E-state index contributed by atoms with van der Waals surface area (Å²) in [4.78, 5) is 43.1. The van der Waals surface area contributed by atoms with E-state index in [1.807, 2.05) is 6.08 Å². The number of allylic oxidation sites excluding steroid dienone is 7. The molecule has 5 aliphatic rings. The summed E-state index contributed by atoms with van der Waals surface area (Å²) in [6.07, 6.45) is 11.8. The fraction of sp³-hybridized carbons (Fsp3) is 0.667. The predicted octanol–water partition coefficient (Wildman–Crippen LogP) is 6.43. The van der Waals surface area contributed by atoms with Gasteiger partial charge in [0, 0.05) is 17.5 Å². The van der Waals surface area contributed by atoms with Gasteiger partial charge in [-0.15, -0.1) is 0 Å². The number of carbonyl (C=O) groups is 2. The van der Waals surface area contributed by atoms with E-state index in [0.29, 0.717) is 18.0 Å². The topological polar surface area (TPSA) is 133 Å². The number of hydrogen-bond donors (Lipinski definition) is 4. The average molecular weight is 560 g/mol. The van der Waals surface area contributed by atoms with E-state index in [2.05, 4.69) is 46.0 Å². The minimum Gasteiger partial charge on any atom is -0.465 e. The molecule has 0 aromatic rings. The molecule has 0 radical (unpaired) electrons. The van der Waals surface area contributed by atoms with Crippen LogP contribution in [0.25, 0.3) is 0 Å². The molecule has 214 valence electrons. The maximum absolute atomic E-state index is 13.1. The van der Waals surface area contributed by atoms with Gasteiger partial charge in [0.2, 0.25) is 5.78 Å². The monoisotopic (exact) mass is 559 g/mol. The molecular weight excluding hydrogens is 517 g/mol. The van der Waals surface area contributed by atoms with E-state index in [9.17, 15) is 29.0 Å². The van der Waals surface area contributed by atoms with Gasteiger partial charge in [-0.1, -0.05) is 52.3 Å². The second-order valence-electron chi connectivity index (χ2n) is 14.1. The van der Waals surface area contributed by atoms with Gasteiger partial charge in [-0.25, -0.2) is 9.36 Å². The minimum atomic E-state index is -4.87. The molecule has 0 aromatic heterocycles. The molecule has 4 N–H and O–H groups in total. The Labute approximate surface area is 230 Å². The molecule has 6 atom stereocenters. The molecule has 0 saturated heterocycles. The molecule has 0 spiro atoms. The third kappa shape index (κ3) is 4.20. The van der Waals surface area contributed by atoms with Gasteiger partial charge in [0.15, 0.2) is 5.76 Å². The van der Waals surface area contributed by atoms with Crippen molar-refractivity contribution in [2.24, 2.45) is 33.0 Å². The molecule has 3 saturated carbocycles. The van der Waals surface area contributed by atoms with Crippen molar-refractivity contribution >= 4 is 19.7 Å². The van der Waals surface area contributed by atoms with Crippen molar-refractivity contribution in [2.45, 2.75) is 86.5 Å². The third-order valence-electron chi connectivity index (χ3n) is 11.8. The Balaban J connectivity index is 1.56. The van der Waals surface area contributed by atoms with Gasteiger partial charge in [0.1, 0.15) is 0 Å². The molecule has 0 heterocycles. The first kappa shape index (κ1) is 28.4. The summed E-state index contributed by atoms with van der Waals surface area (Å²) in [6.45, 7) is 13.9. The van der Waals surface area contributed by atoms with Crippen molar-refractivity contribution in [3.63, 3.8) is 0 Å². The zero-order valence-corrected chi connectivity index (χ0v) is 24.8. The Kier molecular flexibility index (Phi) is 6.31. The second kappa shape index (κ2) is 8.67. The molecule has 0 aromatic carbocycles. The highest BCUT2D eigenvalue weighted by atomic mass is 31.2. The summed E-state index contributed by atoms with van der Waals surface area (Å²) < 4.78 is 16.4. The summed E-state index contributed by atoms with van der Waals surface area (Å²) in [6, 6.07) is 0. The number of amides is 1. The Hall–Kier alpha value is -2.15. The van der Waals surface area contributed by atoms with Crippen LogP contribution < -0.4 is 5.32 Å². The van der Waals surface area contributed by atoms with Crippen molar-refractivity contribution in [1.82, 2.24) is 5.32 Å². The van der Waals surface area contributed by atoms with E-state index in [0.717, 1.165) is 56.1 Å². The van der Waals surface area contributed by atoms with Gasteiger partial charge in [-0.2, -0.15) is 0 Å². The van der Waals surface area contributed by atoms with Crippen LogP contribution in [-0.2, 0) is 13.9 Å². The molecule has 3 fully saturated rings. The molecule has 1 amide bonds. The molecule has 0 bridgehead atoms. The average Bonchev–Trinajstić information content (AvgIpc) is 2.83. The molecular formula is C30H42NO7P. The molecule has 39 heavy (non-hydrogen) atoms. The molecule has 0 aliphatic heterocycles. The normalized spacial score (nSPS) is 41.7. The number of phosphoric ester groups is 1. The van der Waals surface area contributed by atoms with Gasteiger partial charge >= 0.3 is 13.9 Å². The van der Waals surface area contributed by atoms with E-state index in [1.54, 1.807) is 6.92 Å². The first-order valence-electron chi connectivity index (χ1n) is 14.0. The molecule has 0 unspecified atom stereocenters. The van der Waals surface area contributed by atoms with Gasteiger partial charge in [0.05, 0.1) is 0 Å². The minimum absolute atomic E-state index is 0.000395. The zero-order chi connectivity index (χ0) is 28.8. The van der Waals surface area contributed by atoms with E-state index in [4.69, 9.17) is 4.52 Å². The van der Waals surface area contributed by atoms with Gasteiger partial charge in [-0.05, 0) is 96.7 Å². The number of nitrogens with one attached hydrogen (secondary N) is 1. The largest absolute Gasteiger partial charge is 0.524 e. The number of carboxylic acid groups (broad SMARTS) is 1. The highest BCUT2D eigenvalue weighted by Crippen LogP contribution is 2.75. The van der Waals surface area contributed by atoms with Crippen molar-refractivity contribution < 1.29 is 33.6 Å². The number of carbonyl (C=O) groups excluding carboxylic acids is 1. The van der Waals surface area contributed by atoms with Crippen molar-refractivity contribution in [3.8, 4) is 0 Å². The summed E-state index contributed by atoms with van der Waals surface area (Å²) in [5.41, 5.74) is 3.13. The van der Waals surface area contributed by atoms with Gasteiger partial charge in [0.25, 0.3) is 0 Å². The second-order valence-corrected chi connectivity index (χ2v) is 15.2. The van der Waals surface area contributed by atoms with Crippen LogP contribution in [0, 0.1) is 33.0 Å².